The Labute approximate surface area is 125 Å². The van der Waals surface area contributed by atoms with E-state index in [2.05, 4.69) is 70.9 Å². The lowest BCUT2D eigenvalue weighted by molar-refractivity contribution is 0.284. The first-order valence-corrected chi connectivity index (χ1v) is 10.2. The molecule has 0 radical (unpaired) electrons. The van der Waals surface area contributed by atoms with Crippen molar-refractivity contribution >= 4 is 14.0 Å². The molecule has 0 saturated heterocycles. The molecule has 1 N–H and O–H groups in total. The Morgan fingerprint density at radius 3 is 2.40 bits per heavy atom. The summed E-state index contributed by atoms with van der Waals surface area (Å²) in [7, 11) is -1.70. The van der Waals surface area contributed by atoms with Crippen molar-refractivity contribution in [2.75, 3.05) is 11.9 Å². The molecule has 0 fully saturated rings. The fourth-order valence-corrected chi connectivity index (χ4v) is 2.65. The predicted octanol–water partition coefficient (Wildman–Crippen LogP) is 4.98. The van der Waals surface area contributed by atoms with Gasteiger partial charge < -0.3 is 9.74 Å². The summed E-state index contributed by atoms with van der Waals surface area (Å²) in [6, 6.07) is 8.44. The topological polar surface area (TPSA) is 21.3 Å². The van der Waals surface area contributed by atoms with Gasteiger partial charge in [0.1, 0.15) is 0 Å². The second-order valence-corrected chi connectivity index (χ2v) is 11.7. The Morgan fingerprint density at radius 1 is 1.30 bits per heavy atom. The molecular weight excluding hydrogens is 262 g/mol. The van der Waals surface area contributed by atoms with Gasteiger partial charge in [-0.15, -0.1) is 6.58 Å². The number of benzene rings is 1. The number of anilines is 1. The van der Waals surface area contributed by atoms with Gasteiger partial charge in [0.15, 0.2) is 8.32 Å². The predicted molar refractivity (Wildman–Crippen MR) is 91.9 cm³/mol. The van der Waals surface area contributed by atoms with Crippen LogP contribution < -0.4 is 5.32 Å². The van der Waals surface area contributed by atoms with Crippen molar-refractivity contribution in [3.05, 3.63) is 42.5 Å². The van der Waals surface area contributed by atoms with E-state index in [4.69, 9.17) is 4.43 Å². The van der Waals surface area contributed by atoms with Gasteiger partial charge in [0.2, 0.25) is 0 Å². The SMILES string of the molecule is C=CC(CO[Si](C)(C)C(C)(C)C)Nc1ccccc1C. The van der Waals surface area contributed by atoms with Crippen molar-refractivity contribution in [3.63, 3.8) is 0 Å². The van der Waals surface area contributed by atoms with E-state index in [0.29, 0.717) is 6.61 Å². The average molecular weight is 292 g/mol. The zero-order chi connectivity index (χ0) is 15.4. The molecular formula is C17H29NOSi. The van der Waals surface area contributed by atoms with Crippen molar-refractivity contribution in [2.45, 2.75) is 51.9 Å². The minimum Gasteiger partial charge on any atom is -0.414 e. The molecule has 3 heteroatoms. The highest BCUT2D eigenvalue weighted by atomic mass is 28.4. The third-order valence-corrected chi connectivity index (χ3v) is 8.70. The fourth-order valence-electron chi connectivity index (χ4n) is 1.62. The summed E-state index contributed by atoms with van der Waals surface area (Å²) in [5.74, 6) is 0. The first-order valence-electron chi connectivity index (χ1n) is 7.26. The van der Waals surface area contributed by atoms with Gasteiger partial charge in [-0.2, -0.15) is 0 Å². The molecule has 1 aromatic rings. The van der Waals surface area contributed by atoms with E-state index in [1.807, 2.05) is 12.1 Å². The van der Waals surface area contributed by atoms with Crippen LogP contribution in [0.4, 0.5) is 5.69 Å². The lowest BCUT2D eigenvalue weighted by Crippen LogP contribution is -2.43. The highest BCUT2D eigenvalue weighted by molar-refractivity contribution is 6.74. The van der Waals surface area contributed by atoms with E-state index in [9.17, 15) is 0 Å². The van der Waals surface area contributed by atoms with Crippen molar-refractivity contribution in [1.29, 1.82) is 0 Å². The lowest BCUT2D eigenvalue weighted by Gasteiger charge is -2.37. The van der Waals surface area contributed by atoms with Crippen LogP contribution in [0.15, 0.2) is 36.9 Å². The quantitative estimate of drug-likeness (QED) is 0.589. The minimum atomic E-state index is -1.70. The molecule has 0 spiro atoms. The molecule has 1 unspecified atom stereocenters. The Kier molecular flexibility index (Phi) is 5.60. The maximum absolute atomic E-state index is 6.26. The molecule has 0 saturated carbocycles. The first-order chi connectivity index (χ1) is 9.17. The van der Waals surface area contributed by atoms with E-state index < -0.39 is 8.32 Å². The van der Waals surface area contributed by atoms with Crippen LogP contribution in [-0.2, 0) is 4.43 Å². The van der Waals surface area contributed by atoms with Gasteiger partial charge in [0.25, 0.3) is 0 Å². The van der Waals surface area contributed by atoms with Crippen LogP contribution in [0, 0.1) is 6.92 Å². The van der Waals surface area contributed by atoms with Crippen molar-refractivity contribution in [2.24, 2.45) is 0 Å². The van der Waals surface area contributed by atoms with E-state index in [-0.39, 0.29) is 11.1 Å². The van der Waals surface area contributed by atoms with E-state index in [1.54, 1.807) is 0 Å². The molecule has 112 valence electrons. The molecule has 1 aromatic carbocycles. The first kappa shape index (κ1) is 17.0. The average Bonchev–Trinajstić information content (AvgIpc) is 2.35. The number of rotatable bonds is 6. The zero-order valence-corrected chi connectivity index (χ0v) is 14.8. The Balaban J connectivity index is 2.66. The van der Waals surface area contributed by atoms with Crippen molar-refractivity contribution in [1.82, 2.24) is 0 Å². The zero-order valence-electron chi connectivity index (χ0n) is 13.8. The van der Waals surface area contributed by atoms with E-state index in [1.165, 1.54) is 5.56 Å². The highest BCUT2D eigenvalue weighted by Gasteiger charge is 2.37. The van der Waals surface area contributed by atoms with Crippen LogP contribution in [-0.4, -0.2) is 21.0 Å². The van der Waals surface area contributed by atoms with Crippen LogP contribution in [0.3, 0.4) is 0 Å². The smallest absolute Gasteiger partial charge is 0.192 e. The molecule has 1 rings (SSSR count). The summed E-state index contributed by atoms with van der Waals surface area (Å²) < 4.78 is 6.26. The van der Waals surface area contributed by atoms with Crippen LogP contribution >= 0.6 is 0 Å². The fraction of sp³-hybridized carbons (Fsp3) is 0.529. The summed E-state index contributed by atoms with van der Waals surface area (Å²) in [6.07, 6.45) is 1.93. The lowest BCUT2D eigenvalue weighted by atomic mass is 10.2. The van der Waals surface area contributed by atoms with Gasteiger partial charge in [-0.25, -0.2) is 0 Å². The summed E-state index contributed by atoms with van der Waals surface area (Å²) in [6.45, 7) is 18.0. The molecule has 0 aromatic heterocycles. The number of hydrogen-bond donors (Lipinski definition) is 1. The van der Waals surface area contributed by atoms with E-state index in [0.717, 1.165) is 5.69 Å². The van der Waals surface area contributed by atoms with Gasteiger partial charge in [0, 0.05) is 5.69 Å². The maximum Gasteiger partial charge on any atom is 0.192 e. The maximum atomic E-state index is 6.26. The highest BCUT2D eigenvalue weighted by Crippen LogP contribution is 2.36. The second kappa shape index (κ2) is 6.59. The normalized spacial score (nSPS) is 13.9. The molecule has 20 heavy (non-hydrogen) atoms. The monoisotopic (exact) mass is 291 g/mol. The second-order valence-electron chi connectivity index (χ2n) is 6.87. The summed E-state index contributed by atoms with van der Waals surface area (Å²) in [5, 5.41) is 3.74. The molecule has 0 heterocycles. The molecule has 0 aliphatic rings. The Hall–Kier alpha value is -1.06. The molecule has 0 bridgehead atoms. The van der Waals surface area contributed by atoms with Crippen molar-refractivity contribution < 1.29 is 4.43 Å². The number of para-hydroxylation sites is 1. The third-order valence-electron chi connectivity index (χ3n) is 4.20. The molecule has 0 aliphatic heterocycles. The largest absolute Gasteiger partial charge is 0.414 e. The summed E-state index contributed by atoms with van der Waals surface area (Å²) >= 11 is 0. The summed E-state index contributed by atoms with van der Waals surface area (Å²) in [4.78, 5) is 0. The van der Waals surface area contributed by atoms with Gasteiger partial charge in [-0.1, -0.05) is 45.0 Å². The van der Waals surface area contributed by atoms with Crippen molar-refractivity contribution in [3.8, 4) is 0 Å². The number of aryl methyl sites for hydroxylation is 1. The van der Waals surface area contributed by atoms with Crippen LogP contribution in [0.5, 0.6) is 0 Å². The standard InChI is InChI=1S/C17H29NOSi/c1-8-15(13-19-20(6,7)17(3,4)5)18-16-12-10-9-11-14(16)2/h8-12,15,18H,1,13H2,2-7H3. The third kappa shape index (κ3) is 4.49. The van der Waals surface area contributed by atoms with Gasteiger partial charge in [0.05, 0.1) is 12.6 Å². The van der Waals surface area contributed by atoms with Gasteiger partial charge >= 0.3 is 0 Å². The molecule has 0 amide bonds. The summed E-state index contributed by atoms with van der Waals surface area (Å²) in [5.41, 5.74) is 2.39. The Morgan fingerprint density at radius 2 is 1.90 bits per heavy atom. The Bertz CT molecular complexity index is 449. The molecule has 2 nitrogen and oxygen atoms in total. The number of nitrogens with one attached hydrogen (secondary N) is 1. The minimum absolute atomic E-state index is 0.144. The van der Waals surface area contributed by atoms with Crippen LogP contribution in [0.2, 0.25) is 18.1 Å². The van der Waals surface area contributed by atoms with Gasteiger partial charge in [-0.3, -0.25) is 0 Å². The van der Waals surface area contributed by atoms with E-state index >= 15 is 0 Å². The molecule has 0 aliphatic carbocycles. The van der Waals surface area contributed by atoms with Crippen LogP contribution in [0.25, 0.3) is 0 Å². The van der Waals surface area contributed by atoms with Crippen LogP contribution in [0.1, 0.15) is 26.3 Å². The molecule has 1 atom stereocenters. The number of hydrogen-bond acceptors (Lipinski definition) is 2. The van der Waals surface area contributed by atoms with Gasteiger partial charge in [-0.05, 0) is 36.7 Å².